The van der Waals surface area contributed by atoms with Crippen molar-refractivity contribution >= 4 is 5.97 Å². The Kier molecular flexibility index (Phi) is 5.67. The number of carboxylic acid groups (broad SMARTS) is 1. The second-order valence-electron chi connectivity index (χ2n) is 4.80. The van der Waals surface area contributed by atoms with Gasteiger partial charge < -0.3 is 5.11 Å². The van der Waals surface area contributed by atoms with Crippen LogP contribution in [-0.4, -0.2) is 16.1 Å². The summed E-state index contributed by atoms with van der Waals surface area (Å²) in [5.74, 6) is -0.656. The second kappa shape index (κ2) is 7.05. The largest absolute Gasteiger partial charge is 0.481 e. The van der Waals surface area contributed by atoms with Crippen molar-refractivity contribution in [3.8, 4) is 0 Å². The minimum atomic E-state index is -0.665. The predicted molar refractivity (Wildman–Crippen MR) is 67.8 cm³/mol. The van der Waals surface area contributed by atoms with Gasteiger partial charge in [0.1, 0.15) is 0 Å². The molecule has 17 heavy (non-hydrogen) atoms. The van der Waals surface area contributed by atoms with Gasteiger partial charge in [0.05, 0.1) is 5.92 Å². The number of nitrogens with zero attached hydrogens (tertiary/aromatic N) is 1. The Morgan fingerprint density at radius 1 is 1.41 bits per heavy atom. The molecule has 1 rings (SSSR count). The molecule has 1 aromatic heterocycles. The van der Waals surface area contributed by atoms with E-state index in [1.807, 2.05) is 26.1 Å². The minimum absolute atomic E-state index is 0.205. The molecule has 1 heterocycles. The van der Waals surface area contributed by atoms with Gasteiger partial charge in [-0.2, -0.15) is 0 Å². The fourth-order valence-electron chi connectivity index (χ4n) is 1.98. The van der Waals surface area contributed by atoms with Crippen LogP contribution in [0, 0.1) is 11.8 Å². The van der Waals surface area contributed by atoms with Gasteiger partial charge in [0, 0.05) is 12.4 Å². The summed E-state index contributed by atoms with van der Waals surface area (Å²) in [4.78, 5) is 15.1. The van der Waals surface area contributed by atoms with E-state index in [-0.39, 0.29) is 11.8 Å². The average molecular weight is 235 g/mol. The third-order valence-electron chi connectivity index (χ3n) is 3.08. The van der Waals surface area contributed by atoms with Crippen molar-refractivity contribution in [3.05, 3.63) is 30.1 Å². The number of unbranched alkanes of at least 4 members (excludes halogenated alkanes) is 1. The number of hydrogen-bond acceptors (Lipinski definition) is 2. The monoisotopic (exact) mass is 235 g/mol. The standard InChI is InChI=1S/C14H21NO2/c1-11(2)13(14(16)17)8-4-3-6-12-7-5-9-15-10-12/h5,7,9-11,13H,3-4,6,8H2,1-2H3,(H,16,17). The number of carboxylic acids is 1. The van der Waals surface area contributed by atoms with E-state index in [4.69, 9.17) is 5.11 Å². The Hall–Kier alpha value is -1.38. The predicted octanol–water partition coefficient (Wildman–Crippen LogP) is 3.15. The molecule has 0 amide bonds. The maximum atomic E-state index is 11.0. The normalized spacial score (nSPS) is 12.6. The first-order valence-corrected chi connectivity index (χ1v) is 6.23. The lowest BCUT2D eigenvalue weighted by Crippen LogP contribution is -2.19. The molecule has 0 fully saturated rings. The highest BCUT2D eigenvalue weighted by molar-refractivity contribution is 5.70. The molecule has 0 aliphatic carbocycles. The quantitative estimate of drug-likeness (QED) is 0.738. The van der Waals surface area contributed by atoms with E-state index < -0.39 is 5.97 Å². The zero-order chi connectivity index (χ0) is 12.7. The summed E-state index contributed by atoms with van der Waals surface area (Å²) in [5, 5.41) is 9.05. The molecule has 0 aliphatic rings. The van der Waals surface area contributed by atoms with E-state index >= 15 is 0 Å². The summed E-state index contributed by atoms with van der Waals surface area (Å²) in [6, 6.07) is 3.99. The van der Waals surface area contributed by atoms with Crippen molar-refractivity contribution in [2.75, 3.05) is 0 Å². The highest BCUT2D eigenvalue weighted by Crippen LogP contribution is 2.19. The lowest BCUT2D eigenvalue weighted by atomic mass is 9.90. The molecule has 1 unspecified atom stereocenters. The van der Waals surface area contributed by atoms with Crippen molar-refractivity contribution in [2.45, 2.75) is 39.5 Å². The van der Waals surface area contributed by atoms with E-state index in [2.05, 4.69) is 11.1 Å². The maximum Gasteiger partial charge on any atom is 0.306 e. The zero-order valence-electron chi connectivity index (χ0n) is 10.6. The lowest BCUT2D eigenvalue weighted by Gasteiger charge is -2.15. The van der Waals surface area contributed by atoms with Gasteiger partial charge in [-0.3, -0.25) is 9.78 Å². The van der Waals surface area contributed by atoms with Crippen LogP contribution in [0.2, 0.25) is 0 Å². The molecule has 0 bridgehead atoms. The van der Waals surface area contributed by atoms with Gasteiger partial charge in [-0.1, -0.05) is 26.3 Å². The lowest BCUT2D eigenvalue weighted by molar-refractivity contribution is -0.143. The van der Waals surface area contributed by atoms with Gasteiger partial charge in [-0.05, 0) is 36.8 Å². The van der Waals surface area contributed by atoms with Crippen LogP contribution in [0.25, 0.3) is 0 Å². The van der Waals surface area contributed by atoms with Gasteiger partial charge in [-0.15, -0.1) is 0 Å². The molecular formula is C14H21NO2. The fourth-order valence-corrected chi connectivity index (χ4v) is 1.98. The Morgan fingerprint density at radius 2 is 2.18 bits per heavy atom. The summed E-state index contributed by atoms with van der Waals surface area (Å²) in [6.07, 6.45) is 7.39. The smallest absolute Gasteiger partial charge is 0.306 e. The van der Waals surface area contributed by atoms with Gasteiger partial charge in [0.2, 0.25) is 0 Å². The van der Waals surface area contributed by atoms with Gasteiger partial charge in [0.15, 0.2) is 0 Å². The zero-order valence-corrected chi connectivity index (χ0v) is 10.6. The Morgan fingerprint density at radius 3 is 2.71 bits per heavy atom. The third kappa shape index (κ3) is 4.98. The highest BCUT2D eigenvalue weighted by atomic mass is 16.4. The van der Waals surface area contributed by atoms with Gasteiger partial charge in [-0.25, -0.2) is 0 Å². The van der Waals surface area contributed by atoms with Crippen molar-refractivity contribution in [1.29, 1.82) is 0 Å². The van der Waals surface area contributed by atoms with Gasteiger partial charge >= 0.3 is 5.97 Å². The highest BCUT2D eigenvalue weighted by Gasteiger charge is 2.20. The fraction of sp³-hybridized carbons (Fsp3) is 0.571. The van der Waals surface area contributed by atoms with Crippen molar-refractivity contribution in [1.82, 2.24) is 4.98 Å². The van der Waals surface area contributed by atoms with E-state index in [9.17, 15) is 4.79 Å². The number of aromatic nitrogens is 1. The molecule has 0 spiro atoms. The summed E-state index contributed by atoms with van der Waals surface area (Å²) in [6.45, 7) is 3.94. The first-order valence-electron chi connectivity index (χ1n) is 6.23. The SMILES string of the molecule is CC(C)C(CCCCc1cccnc1)C(=O)O. The summed E-state index contributed by atoms with van der Waals surface area (Å²) < 4.78 is 0. The Bertz CT molecular complexity index is 335. The molecule has 94 valence electrons. The van der Waals surface area contributed by atoms with E-state index in [0.29, 0.717) is 0 Å². The molecule has 0 aromatic carbocycles. The first-order chi connectivity index (χ1) is 8.11. The van der Waals surface area contributed by atoms with E-state index in [1.54, 1.807) is 6.20 Å². The van der Waals surface area contributed by atoms with Crippen LogP contribution < -0.4 is 0 Å². The minimum Gasteiger partial charge on any atom is -0.481 e. The van der Waals surface area contributed by atoms with Crippen LogP contribution in [0.4, 0.5) is 0 Å². The number of aliphatic carboxylic acids is 1. The van der Waals surface area contributed by atoms with Crippen LogP contribution >= 0.6 is 0 Å². The molecule has 0 saturated heterocycles. The molecule has 0 aliphatic heterocycles. The van der Waals surface area contributed by atoms with Gasteiger partial charge in [0.25, 0.3) is 0 Å². The molecule has 0 radical (unpaired) electrons. The number of pyridine rings is 1. The van der Waals surface area contributed by atoms with Crippen LogP contribution in [0.5, 0.6) is 0 Å². The van der Waals surface area contributed by atoms with Crippen LogP contribution in [-0.2, 0) is 11.2 Å². The van der Waals surface area contributed by atoms with Crippen LogP contribution in [0.15, 0.2) is 24.5 Å². The van der Waals surface area contributed by atoms with Crippen molar-refractivity contribution < 1.29 is 9.90 Å². The molecule has 1 atom stereocenters. The summed E-state index contributed by atoms with van der Waals surface area (Å²) in [7, 11) is 0. The molecule has 1 aromatic rings. The van der Waals surface area contributed by atoms with Crippen molar-refractivity contribution in [3.63, 3.8) is 0 Å². The topological polar surface area (TPSA) is 50.2 Å². The van der Waals surface area contributed by atoms with Crippen LogP contribution in [0.1, 0.15) is 38.7 Å². The number of carbonyl (C=O) groups is 1. The van der Waals surface area contributed by atoms with E-state index in [0.717, 1.165) is 25.7 Å². The molecule has 1 N–H and O–H groups in total. The van der Waals surface area contributed by atoms with Crippen molar-refractivity contribution in [2.24, 2.45) is 11.8 Å². The first kappa shape index (κ1) is 13.7. The maximum absolute atomic E-state index is 11.0. The Labute approximate surface area is 103 Å². The average Bonchev–Trinajstić information content (AvgIpc) is 2.29. The van der Waals surface area contributed by atoms with E-state index in [1.165, 1.54) is 5.56 Å². The molecule has 3 nitrogen and oxygen atoms in total. The number of hydrogen-bond donors (Lipinski definition) is 1. The Balaban J connectivity index is 2.26. The summed E-state index contributed by atoms with van der Waals surface area (Å²) >= 11 is 0. The molecule has 3 heteroatoms. The molecule has 0 saturated carbocycles. The number of rotatable bonds is 7. The molecular weight excluding hydrogens is 214 g/mol. The van der Waals surface area contributed by atoms with Crippen LogP contribution in [0.3, 0.4) is 0 Å². The summed E-state index contributed by atoms with van der Waals surface area (Å²) in [5.41, 5.74) is 1.23. The third-order valence-corrected chi connectivity index (χ3v) is 3.08. The number of aryl methyl sites for hydroxylation is 1. The second-order valence-corrected chi connectivity index (χ2v) is 4.80.